The fraction of sp³-hybridized carbons (Fsp3) is 0.263. The summed E-state index contributed by atoms with van der Waals surface area (Å²) in [6, 6.07) is 11.9. The number of hydrogen-bond donors (Lipinski definition) is 2. The van der Waals surface area contributed by atoms with Crippen LogP contribution < -0.4 is 20.7 Å². The van der Waals surface area contributed by atoms with E-state index < -0.39 is 5.97 Å². The highest BCUT2D eigenvalue weighted by Crippen LogP contribution is 2.34. The minimum absolute atomic E-state index is 0.0294. The molecule has 0 spiro atoms. The van der Waals surface area contributed by atoms with Gasteiger partial charge < -0.3 is 25.4 Å². The number of benzene rings is 2. The van der Waals surface area contributed by atoms with Crippen molar-refractivity contribution < 1.29 is 19.1 Å². The molecule has 1 aliphatic rings. The maximum absolute atomic E-state index is 12.4. The van der Waals surface area contributed by atoms with Crippen molar-refractivity contribution in [3.8, 4) is 5.75 Å². The first-order valence-corrected chi connectivity index (χ1v) is 8.25. The van der Waals surface area contributed by atoms with E-state index in [1.807, 2.05) is 17.9 Å². The second-order valence-corrected chi connectivity index (χ2v) is 6.15. The Balaban J connectivity index is 1.69. The Hall–Kier alpha value is -3.22. The Morgan fingerprint density at radius 2 is 2.00 bits per heavy atom. The Bertz CT molecular complexity index is 820. The zero-order valence-corrected chi connectivity index (χ0v) is 14.7. The largest absolute Gasteiger partial charge is 0.487 e. The van der Waals surface area contributed by atoms with Gasteiger partial charge in [0.05, 0.1) is 31.5 Å². The van der Waals surface area contributed by atoms with Gasteiger partial charge in [-0.2, -0.15) is 0 Å². The van der Waals surface area contributed by atoms with Gasteiger partial charge in [0.15, 0.2) is 0 Å². The summed E-state index contributed by atoms with van der Waals surface area (Å²) in [6.07, 6.45) is -0.0294. The van der Waals surface area contributed by atoms with Crippen LogP contribution in [-0.4, -0.2) is 38.2 Å². The molecule has 0 saturated heterocycles. The van der Waals surface area contributed by atoms with Gasteiger partial charge in [-0.25, -0.2) is 4.79 Å². The summed E-state index contributed by atoms with van der Waals surface area (Å²) in [4.78, 5) is 25.8. The molecule has 0 saturated carbocycles. The molecule has 1 amide bonds. The summed E-state index contributed by atoms with van der Waals surface area (Å²) in [5.74, 6) is 0.130. The van der Waals surface area contributed by atoms with Crippen molar-refractivity contribution in [1.29, 1.82) is 0 Å². The van der Waals surface area contributed by atoms with E-state index in [2.05, 4.69) is 10.1 Å². The molecule has 7 nitrogen and oxygen atoms in total. The zero-order chi connectivity index (χ0) is 18.7. The lowest BCUT2D eigenvalue weighted by molar-refractivity contribution is -0.115. The number of nitrogens with one attached hydrogen (secondary N) is 1. The SMILES string of the molecule is COC(=O)c1ccc(NC(=O)CN2CC(C)Oc3ccc(N)cc32)cc1. The van der Waals surface area contributed by atoms with Crippen molar-refractivity contribution in [3.63, 3.8) is 0 Å². The van der Waals surface area contributed by atoms with E-state index in [9.17, 15) is 9.59 Å². The number of hydrogen-bond acceptors (Lipinski definition) is 6. The molecule has 0 aromatic heterocycles. The van der Waals surface area contributed by atoms with E-state index in [0.717, 1.165) is 5.69 Å². The van der Waals surface area contributed by atoms with Gasteiger partial charge in [0.2, 0.25) is 5.91 Å². The number of esters is 1. The van der Waals surface area contributed by atoms with Gasteiger partial charge in [-0.3, -0.25) is 4.79 Å². The van der Waals surface area contributed by atoms with E-state index >= 15 is 0 Å². The lowest BCUT2D eigenvalue weighted by Gasteiger charge is -2.34. The molecular weight excluding hydrogens is 334 g/mol. The maximum Gasteiger partial charge on any atom is 0.337 e. The van der Waals surface area contributed by atoms with Crippen molar-refractivity contribution in [2.75, 3.05) is 36.1 Å². The van der Waals surface area contributed by atoms with Crippen molar-refractivity contribution in [1.82, 2.24) is 0 Å². The lowest BCUT2D eigenvalue weighted by atomic mass is 10.1. The van der Waals surface area contributed by atoms with Crippen LogP contribution in [0, 0.1) is 0 Å². The molecule has 1 heterocycles. The number of carbonyl (C=O) groups is 2. The summed E-state index contributed by atoms with van der Waals surface area (Å²) in [5.41, 5.74) is 8.32. The van der Waals surface area contributed by atoms with Crippen molar-refractivity contribution >= 4 is 28.9 Å². The number of anilines is 3. The predicted octanol–water partition coefficient (Wildman–Crippen LogP) is 2.28. The average Bonchev–Trinajstić information content (AvgIpc) is 2.62. The molecular formula is C19H21N3O4. The molecule has 1 unspecified atom stereocenters. The van der Waals surface area contributed by atoms with E-state index in [1.165, 1.54) is 7.11 Å². The summed E-state index contributed by atoms with van der Waals surface area (Å²) >= 11 is 0. The van der Waals surface area contributed by atoms with Gasteiger partial charge in [0.25, 0.3) is 0 Å². The fourth-order valence-electron chi connectivity index (χ4n) is 2.87. The summed E-state index contributed by atoms with van der Waals surface area (Å²) < 4.78 is 10.4. The zero-order valence-electron chi connectivity index (χ0n) is 14.7. The first kappa shape index (κ1) is 17.6. The number of carbonyl (C=O) groups excluding carboxylic acids is 2. The van der Waals surface area contributed by atoms with E-state index in [4.69, 9.17) is 10.5 Å². The van der Waals surface area contributed by atoms with Crippen LogP contribution in [0.2, 0.25) is 0 Å². The predicted molar refractivity (Wildman–Crippen MR) is 99.6 cm³/mol. The van der Waals surface area contributed by atoms with Crippen LogP contribution in [0.15, 0.2) is 42.5 Å². The van der Waals surface area contributed by atoms with E-state index in [1.54, 1.807) is 36.4 Å². The Kier molecular flexibility index (Phi) is 4.97. The highest BCUT2D eigenvalue weighted by molar-refractivity contribution is 5.95. The quantitative estimate of drug-likeness (QED) is 0.645. The molecule has 26 heavy (non-hydrogen) atoms. The number of amides is 1. The molecule has 3 N–H and O–H groups in total. The Labute approximate surface area is 151 Å². The highest BCUT2D eigenvalue weighted by Gasteiger charge is 2.24. The van der Waals surface area contributed by atoms with Gasteiger partial charge in [-0.1, -0.05) is 0 Å². The second kappa shape index (κ2) is 7.35. The topological polar surface area (TPSA) is 93.9 Å². The fourth-order valence-corrected chi connectivity index (χ4v) is 2.87. The average molecular weight is 355 g/mol. The molecule has 136 valence electrons. The second-order valence-electron chi connectivity index (χ2n) is 6.15. The van der Waals surface area contributed by atoms with Crippen LogP contribution in [0.5, 0.6) is 5.75 Å². The smallest absolute Gasteiger partial charge is 0.337 e. The van der Waals surface area contributed by atoms with Crippen molar-refractivity contribution in [2.45, 2.75) is 13.0 Å². The molecule has 0 fully saturated rings. The van der Waals surface area contributed by atoms with Crippen LogP contribution >= 0.6 is 0 Å². The number of fused-ring (bicyclic) bond motifs is 1. The molecule has 2 aromatic rings. The molecule has 2 aromatic carbocycles. The number of nitrogens with zero attached hydrogens (tertiary/aromatic N) is 1. The molecule has 7 heteroatoms. The molecule has 1 atom stereocenters. The van der Waals surface area contributed by atoms with Gasteiger partial charge in [-0.05, 0) is 49.4 Å². The number of nitrogens with two attached hydrogens (primary N) is 1. The van der Waals surface area contributed by atoms with Gasteiger partial charge in [0, 0.05) is 11.4 Å². The van der Waals surface area contributed by atoms with E-state index in [-0.39, 0.29) is 18.6 Å². The monoisotopic (exact) mass is 355 g/mol. The third-order valence-electron chi connectivity index (χ3n) is 4.05. The van der Waals surface area contributed by atoms with Crippen LogP contribution in [0.3, 0.4) is 0 Å². The first-order chi connectivity index (χ1) is 12.5. The van der Waals surface area contributed by atoms with Gasteiger partial charge in [-0.15, -0.1) is 0 Å². The molecule has 0 radical (unpaired) electrons. The van der Waals surface area contributed by atoms with Gasteiger partial charge >= 0.3 is 5.97 Å². The van der Waals surface area contributed by atoms with E-state index in [0.29, 0.717) is 29.2 Å². The number of rotatable bonds is 4. The molecule has 3 rings (SSSR count). The van der Waals surface area contributed by atoms with Crippen LogP contribution in [-0.2, 0) is 9.53 Å². The highest BCUT2D eigenvalue weighted by atomic mass is 16.5. The minimum atomic E-state index is -0.417. The van der Waals surface area contributed by atoms with Crippen molar-refractivity contribution in [3.05, 3.63) is 48.0 Å². The molecule has 0 bridgehead atoms. The maximum atomic E-state index is 12.4. The number of methoxy groups -OCH3 is 1. The minimum Gasteiger partial charge on any atom is -0.487 e. The molecule has 0 aliphatic carbocycles. The standard InChI is InChI=1S/C19H21N3O4/c1-12-10-22(16-9-14(20)5-8-17(16)26-12)11-18(23)21-15-6-3-13(4-7-15)19(24)25-2/h3-9,12H,10-11,20H2,1-2H3,(H,21,23). The van der Waals surface area contributed by atoms with Crippen molar-refractivity contribution in [2.24, 2.45) is 0 Å². The Morgan fingerprint density at radius 3 is 2.69 bits per heavy atom. The summed E-state index contributed by atoms with van der Waals surface area (Å²) in [7, 11) is 1.33. The lowest BCUT2D eigenvalue weighted by Crippen LogP contribution is -2.42. The third-order valence-corrected chi connectivity index (χ3v) is 4.05. The number of nitrogen functional groups attached to an aromatic ring is 1. The van der Waals surface area contributed by atoms with Crippen LogP contribution in [0.25, 0.3) is 0 Å². The third kappa shape index (κ3) is 3.88. The van der Waals surface area contributed by atoms with Gasteiger partial charge in [0.1, 0.15) is 11.9 Å². The Morgan fingerprint density at radius 1 is 1.27 bits per heavy atom. The van der Waals surface area contributed by atoms with Crippen LogP contribution in [0.1, 0.15) is 17.3 Å². The molecule has 1 aliphatic heterocycles. The normalized spacial score (nSPS) is 15.6. The summed E-state index contributed by atoms with van der Waals surface area (Å²) in [5, 5.41) is 2.83. The summed E-state index contributed by atoms with van der Waals surface area (Å²) in [6.45, 7) is 2.71. The van der Waals surface area contributed by atoms with Crippen LogP contribution in [0.4, 0.5) is 17.1 Å². The number of ether oxygens (including phenoxy) is 2. The first-order valence-electron chi connectivity index (χ1n) is 8.25.